The van der Waals surface area contributed by atoms with Crippen LogP contribution in [-0.2, 0) is 12.8 Å². The monoisotopic (exact) mass is 285 g/mol. The van der Waals surface area contributed by atoms with Crippen molar-refractivity contribution >= 4 is 11.6 Å². The summed E-state index contributed by atoms with van der Waals surface area (Å²) in [7, 11) is 3.99. The zero-order chi connectivity index (χ0) is 15.1. The number of nitrogens with one attached hydrogen (secondary N) is 1. The number of nitrogens with zero attached hydrogens (tertiary/aromatic N) is 4. The molecule has 2 aromatic heterocycles. The lowest BCUT2D eigenvalue weighted by molar-refractivity contribution is 0.826. The summed E-state index contributed by atoms with van der Waals surface area (Å²) in [6, 6.07) is 4.11. The predicted molar refractivity (Wildman–Crippen MR) is 86.8 cm³/mol. The van der Waals surface area contributed by atoms with Gasteiger partial charge in [-0.25, -0.2) is 9.97 Å². The van der Waals surface area contributed by atoms with Crippen molar-refractivity contribution < 1.29 is 0 Å². The second-order valence-electron chi connectivity index (χ2n) is 5.05. The quantitative estimate of drug-likeness (QED) is 0.847. The second kappa shape index (κ2) is 7.57. The van der Waals surface area contributed by atoms with Crippen LogP contribution in [0.3, 0.4) is 0 Å². The molecule has 0 atom stereocenters. The highest BCUT2D eigenvalue weighted by Gasteiger charge is 2.13. The molecule has 0 spiro atoms. The number of aromatic nitrogens is 3. The first-order valence-electron chi connectivity index (χ1n) is 7.38. The Hall–Kier alpha value is -2.17. The lowest BCUT2D eigenvalue weighted by Crippen LogP contribution is -2.23. The van der Waals surface area contributed by atoms with Crippen molar-refractivity contribution in [1.82, 2.24) is 15.0 Å². The Morgan fingerprint density at radius 2 is 1.90 bits per heavy atom. The fraction of sp³-hybridized carbons (Fsp3) is 0.438. The summed E-state index contributed by atoms with van der Waals surface area (Å²) >= 11 is 0. The van der Waals surface area contributed by atoms with Crippen LogP contribution in [0, 0.1) is 0 Å². The molecule has 2 aromatic rings. The maximum atomic E-state index is 4.48. The second-order valence-corrected chi connectivity index (χ2v) is 5.05. The number of hydrogen-bond donors (Lipinski definition) is 1. The van der Waals surface area contributed by atoms with Gasteiger partial charge < -0.3 is 10.2 Å². The Morgan fingerprint density at radius 1 is 1.14 bits per heavy atom. The molecule has 2 rings (SSSR count). The van der Waals surface area contributed by atoms with Crippen LogP contribution in [0.2, 0.25) is 0 Å². The fourth-order valence-electron chi connectivity index (χ4n) is 2.38. The van der Waals surface area contributed by atoms with Crippen LogP contribution in [0.15, 0.2) is 30.9 Å². The van der Waals surface area contributed by atoms with Crippen molar-refractivity contribution in [3.8, 4) is 0 Å². The van der Waals surface area contributed by atoms with Crippen LogP contribution >= 0.6 is 0 Å². The van der Waals surface area contributed by atoms with Gasteiger partial charge in [0.05, 0.1) is 0 Å². The molecule has 0 unspecified atom stereocenters. The minimum atomic E-state index is 0.918. The minimum Gasteiger partial charge on any atom is -0.373 e. The van der Waals surface area contributed by atoms with E-state index in [1.165, 1.54) is 11.1 Å². The van der Waals surface area contributed by atoms with Gasteiger partial charge >= 0.3 is 0 Å². The van der Waals surface area contributed by atoms with E-state index in [1.807, 2.05) is 19.4 Å². The van der Waals surface area contributed by atoms with Gasteiger partial charge in [-0.2, -0.15) is 0 Å². The highest BCUT2D eigenvalue weighted by molar-refractivity contribution is 5.58. The molecule has 21 heavy (non-hydrogen) atoms. The lowest BCUT2D eigenvalue weighted by atomic mass is 10.1. The van der Waals surface area contributed by atoms with Crippen molar-refractivity contribution in [3.05, 3.63) is 42.0 Å². The van der Waals surface area contributed by atoms with Crippen molar-refractivity contribution in [2.45, 2.75) is 26.2 Å². The van der Waals surface area contributed by atoms with Crippen molar-refractivity contribution in [2.75, 3.05) is 30.9 Å². The normalized spacial score (nSPS) is 10.4. The predicted octanol–water partition coefficient (Wildman–Crippen LogP) is 2.54. The number of pyridine rings is 1. The van der Waals surface area contributed by atoms with Crippen LogP contribution in [0.25, 0.3) is 0 Å². The molecule has 112 valence electrons. The lowest BCUT2D eigenvalue weighted by Gasteiger charge is -2.22. The van der Waals surface area contributed by atoms with E-state index in [9.17, 15) is 0 Å². The summed E-state index contributed by atoms with van der Waals surface area (Å²) < 4.78 is 0. The third-order valence-electron chi connectivity index (χ3n) is 3.51. The zero-order valence-corrected chi connectivity index (χ0v) is 13.0. The summed E-state index contributed by atoms with van der Waals surface area (Å²) in [5, 5.41) is 3.16. The number of likely N-dealkylation sites (N-methyl/N-ethyl adjacent to an activating group) is 1. The van der Waals surface area contributed by atoms with E-state index < -0.39 is 0 Å². The van der Waals surface area contributed by atoms with Crippen LogP contribution in [0.1, 0.15) is 24.5 Å². The molecule has 0 saturated carbocycles. The van der Waals surface area contributed by atoms with E-state index in [2.05, 4.69) is 51.3 Å². The standard InChI is InChI=1S/C16H23N5/c1-4-5-14-15(17-2)19-12-20-16(14)21(3)11-8-13-6-9-18-10-7-13/h6-7,9-10,12H,4-5,8,11H2,1-3H3,(H,17,19,20). The van der Waals surface area contributed by atoms with E-state index >= 15 is 0 Å². The van der Waals surface area contributed by atoms with Gasteiger partial charge in [-0.3, -0.25) is 4.98 Å². The Bertz CT molecular complexity index is 556. The van der Waals surface area contributed by atoms with Gasteiger partial charge in [-0.05, 0) is 30.5 Å². The van der Waals surface area contributed by atoms with Crippen LogP contribution in [0.4, 0.5) is 11.6 Å². The summed E-state index contributed by atoms with van der Waals surface area (Å²) in [5.41, 5.74) is 2.48. The van der Waals surface area contributed by atoms with E-state index in [4.69, 9.17) is 0 Å². The molecule has 0 radical (unpaired) electrons. The molecule has 0 aliphatic carbocycles. The molecular formula is C16H23N5. The smallest absolute Gasteiger partial charge is 0.137 e. The van der Waals surface area contributed by atoms with Gasteiger partial charge in [0.25, 0.3) is 0 Å². The van der Waals surface area contributed by atoms with E-state index in [-0.39, 0.29) is 0 Å². The summed E-state index contributed by atoms with van der Waals surface area (Å²) in [4.78, 5) is 15.1. The fourth-order valence-corrected chi connectivity index (χ4v) is 2.38. The van der Waals surface area contributed by atoms with Gasteiger partial charge in [0.2, 0.25) is 0 Å². The zero-order valence-electron chi connectivity index (χ0n) is 13.0. The Balaban J connectivity index is 2.12. The van der Waals surface area contributed by atoms with Gasteiger partial charge in [0.1, 0.15) is 18.0 Å². The van der Waals surface area contributed by atoms with Gasteiger partial charge in [-0.1, -0.05) is 13.3 Å². The van der Waals surface area contributed by atoms with Crippen LogP contribution in [0.5, 0.6) is 0 Å². The molecule has 0 fully saturated rings. The Kier molecular flexibility index (Phi) is 5.49. The molecule has 0 bridgehead atoms. The van der Waals surface area contributed by atoms with Crippen LogP contribution in [-0.4, -0.2) is 35.6 Å². The summed E-state index contributed by atoms with van der Waals surface area (Å²) in [6.45, 7) is 3.09. The first-order valence-corrected chi connectivity index (χ1v) is 7.38. The first kappa shape index (κ1) is 15.2. The summed E-state index contributed by atoms with van der Waals surface area (Å²) in [5.74, 6) is 1.95. The first-order chi connectivity index (χ1) is 10.3. The number of anilines is 2. The van der Waals surface area contributed by atoms with Gasteiger partial charge in [-0.15, -0.1) is 0 Å². The molecule has 0 amide bonds. The van der Waals surface area contributed by atoms with Crippen molar-refractivity contribution in [2.24, 2.45) is 0 Å². The third kappa shape index (κ3) is 3.90. The van der Waals surface area contributed by atoms with Crippen molar-refractivity contribution in [1.29, 1.82) is 0 Å². The average Bonchev–Trinajstić information content (AvgIpc) is 2.54. The van der Waals surface area contributed by atoms with Gasteiger partial charge in [0.15, 0.2) is 0 Å². The molecule has 1 N–H and O–H groups in total. The molecule has 0 aromatic carbocycles. The van der Waals surface area contributed by atoms with Crippen LogP contribution < -0.4 is 10.2 Å². The number of hydrogen-bond acceptors (Lipinski definition) is 5. The Morgan fingerprint density at radius 3 is 2.57 bits per heavy atom. The Labute approximate surface area is 126 Å². The third-order valence-corrected chi connectivity index (χ3v) is 3.51. The largest absolute Gasteiger partial charge is 0.373 e. The molecular weight excluding hydrogens is 262 g/mol. The molecule has 5 nitrogen and oxygen atoms in total. The number of rotatable bonds is 7. The minimum absolute atomic E-state index is 0.918. The SMILES string of the molecule is CCCc1c(NC)ncnc1N(C)CCc1ccncc1. The molecule has 2 heterocycles. The highest BCUT2D eigenvalue weighted by Crippen LogP contribution is 2.24. The molecule has 0 aliphatic rings. The molecule has 5 heteroatoms. The molecule has 0 aliphatic heterocycles. The van der Waals surface area contributed by atoms with E-state index in [1.54, 1.807) is 6.33 Å². The maximum absolute atomic E-state index is 4.48. The van der Waals surface area contributed by atoms with E-state index in [0.717, 1.165) is 37.4 Å². The highest BCUT2D eigenvalue weighted by atomic mass is 15.2. The topological polar surface area (TPSA) is 53.9 Å². The average molecular weight is 285 g/mol. The van der Waals surface area contributed by atoms with E-state index in [0.29, 0.717) is 0 Å². The maximum Gasteiger partial charge on any atom is 0.137 e. The van der Waals surface area contributed by atoms with Gasteiger partial charge in [0, 0.05) is 38.6 Å². The summed E-state index contributed by atoms with van der Waals surface area (Å²) in [6.07, 6.45) is 8.33. The van der Waals surface area contributed by atoms with Crippen molar-refractivity contribution in [3.63, 3.8) is 0 Å². The molecule has 0 saturated heterocycles.